The van der Waals surface area contributed by atoms with Gasteiger partial charge < -0.3 is 10.3 Å². The molecule has 0 saturated heterocycles. The van der Waals surface area contributed by atoms with Crippen LogP contribution in [0.25, 0.3) is 20.8 Å². The minimum absolute atomic E-state index is 0.181. The largest absolute Gasteiger partial charge is 0.744 e. The van der Waals surface area contributed by atoms with Gasteiger partial charge in [0.2, 0.25) is 0 Å². The lowest BCUT2D eigenvalue weighted by atomic mass is 10.2. The summed E-state index contributed by atoms with van der Waals surface area (Å²) in [5.41, 5.74) is 8.05. The zero-order chi connectivity index (χ0) is 15.2. The minimum Gasteiger partial charge on any atom is -0.744 e. The predicted octanol–water partition coefficient (Wildman–Crippen LogP) is 2.76. The summed E-state index contributed by atoms with van der Waals surface area (Å²) in [7, 11) is -4.54. The van der Waals surface area contributed by atoms with E-state index in [0.717, 1.165) is 5.56 Å². The maximum atomic E-state index is 11.5. The predicted molar refractivity (Wildman–Crippen MR) is 82.2 cm³/mol. The molecule has 21 heavy (non-hydrogen) atoms. The number of nitrogen functional groups attached to an aromatic ring is 1. The average Bonchev–Trinajstić information content (AvgIpc) is 2.81. The normalized spacial score (nSPS) is 11.9. The highest BCUT2D eigenvalue weighted by atomic mass is 32.2. The van der Waals surface area contributed by atoms with Gasteiger partial charge in [-0.25, -0.2) is 13.4 Å². The Labute approximate surface area is 125 Å². The van der Waals surface area contributed by atoms with Gasteiger partial charge in [0.05, 0.1) is 15.1 Å². The molecule has 1 aromatic heterocycles. The lowest BCUT2D eigenvalue weighted by Gasteiger charge is -2.10. The Morgan fingerprint density at radius 2 is 1.81 bits per heavy atom. The van der Waals surface area contributed by atoms with E-state index < -0.39 is 10.1 Å². The summed E-state index contributed by atoms with van der Waals surface area (Å²) in [5, 5.41) is 0.653. The van der Waals surface area contributed by atoms with Gasteiger partial charge in [-0.15, -0.1) is 11.3 Å². The second-order valence-corrected chi connectivity index (χ2v) is 6.97. The quantitative estimate of drug-likeness (QED) is 0.578. The topological polar surface area (TPSA) is 96.1 Å². The number of nitrogens with two attached hydrogens (primary N) is 1. The van der Waals surface area contributed by atoms with Gasteiger partial charge >= 0.3 is 0 Å². The molecular formula is C14H11N2O3S2-. The first-order valence-corrected chi connectivity index (χ1v) is 8.31. The van der Waals surface area contributed by atoms with Gasteiger partial charge in [0.15, 0.2) is 0 Å². The lowest BCUT2D eigenvalue weighted by Crippen LogP contribution is -2.01. The van der Waals surface area contributed by atoms with Gasteiger partial charge in [-0.05, 0) is 42.8 Å². The Balaban J connectivity index is 2.28. The first kappa shape index (κ1) is 14.0. The van der Waals surface area contributed by atoms with Crippen LogP contribution in [0, 0.1) is 6.92 Å². The number of hydrogen-bond acceptors (Lipinski definition) is 6. The van der Waals surface area contributed by atoms with E-state index in [-0.39, 0.29) is 4.90 Å². The fraction of sp³-hybridized carbons (Fsp3) is 0.0714. The molecule has 0 aliphatic rings. The number of hydrogen-bond donors (Lipinski definition) is 1. The van der Waals surface area contributed by atoms with E-state index in [1.807, 2.05) is 12.1 Å². The maximum Gasteiger partial charge on any atom is 0.126 e. The molecule has 2 aromatic carbocycles. The molecule has 0 saturated carbocycles. The molecule has 0 aliphatic heterocycles. The van der Waals surface area contributed by atoms with Crippen molar-refractivity contribution in [2.75, 3.05) is 5.73 Å². The number of anilines is 1. The number of aryl methyl sites for hydroxylation is 1. The van der Waals surface area contributed by atoms with Crippen molar-refractivity contribution >= 4 is 37.4 Å². The smallest absolute Gasteiger partial charge is 0.126 e. The number of rotatable bonds is 2. The third kappa shape index (κ3) is 2.51. The standard InChI is InChI=1S/C14H12N2O3S2/c1-8-2-7-11-12(13(8)21(17,18)19)20-14(16-11)9-3-5-10(15)6-4-9/h2-7H,15H2,1H3,(H,17,18,19)/p-1. The van der Waals surface area contributed by atoms with Crippen LogP contribution in [0.4, 0.5) is 5.69 Å². The van der Waals surface area contributed by atoms with E-state index in [9.17, 15) is 13.0 Å². The molecule has 0 unspecified atom stereocenters. The van der Waals surface area contributed by atoms with Crippen LogP contribution in [-0.4, -0.2) is 18.0 Å². The monoisotopic (exact) mass is 319 g/mol. The van der Waals surface area contributed by atoms with Crippen LogP contribution < -0.4 is 5.73 Å². The van der Waals surface area contributed by atoms with Crippen molar-refractivity contribution in [3.05, 3.63) is 42.0 Å². The summed E-state index contributed by atoms with van der Waals surface area (Å²) in [4.78, 5) is 4.22. The second-order valence-electron chi connectivity index (χ2n) is 4.65. The maximum absolute atomic E-state index is 11.5. The number of fused-ring (bicyclic) bond motifs is 1. The summed E-state index contributed by atoms with van der Waals surface area (Å²) < 4.78 is 34.8. The second kappa shape index (κ2) is 4.80. The molecule has 0 atom stereocenters. The molecule has 0 aliphatic carbocycles. The summed E-state index contributed by atoms with van der Waals surface area (Å²) in [6.45, 7) is 1.60. The van der Waals surface area contributed by atoms with E-state index in [0.29, 0.717) is 26.5 Å². The molecule has 1 heterocycles. The Hall–Kier alpha value is -1.96. The molecule has 0 spiro atoms. The summed E-state index contributed by atoms with van der Waals surface area (Å²) >= 11 is 1.19. The fourth-order valence-corrected chi connectivity index (χ4v) is 4.41. The molecule has 108 valence electrons. The number of thiazole rings is 1. The number of nitrogens with zero attached hydrogens (tertiary/aromatic N) is 1. The fourth-order valence-electron chi connectivity index (χ4n) is 2.13. The van der Waals surface area contributed by atoms with Crippen molar-refractivity contribution in [3.63, 3.8) is 0 Å². The zero-order valence-corrected chi connectivity index (χ0v) is 12.7. The molecule has 0 bridgehead atoms. The van der Waals surface area contributed by atoms with Crippen LogP contribution >= 0.6 is 11.3 Å². The van der Waals surface area contributed by atoms with E-state index in [1.54, 1.807) is 31.2 Å². The van der Waals surface area contributed by atoms with Crippen LogP contribution in [-0.2, 0) is 10.1 Å². The molecular weight excluding hydrogens is 308 g/mol. The van der Waals surface area contributed by atoms with E-state index in [4.69, 9.17) is 5.73 Å². The van der Waals surface area contributed by atoms with Gasteiger partial charge in [0.25, 0.3) is 0 Å². The van der Waals surface area contributed by atoms with Crippen LogP contribution in [0.5, 0.6) is 0 Å². The number of benzene rings is 2. The third-order valence-electron chi connectivity index (χ3n) is 3.12. The van der Waals surface area contributed by atoms with Crippen LogP contribution in [0.3, 0.4) is 0 Å². The van der Waals surface area contributed by atoms with Crippen molar-refractivity contribution in [2.45, 2.75) is 11.8 Å². The number of aromatic nitrogens is 1. The minimum atomic E-state index is -4.54. The zero-order valence-electron chi connectivity index (χ0n) is 11.0. The van der Waals surface area contributed by atoms with Crippen molar-refractivity contribution in [2.24, 2.45) is 0 Å². The molecule has 3 aromatic rings. The van der Waals surface area contributed by atoms with Gasteiger partial charge in [-0.2, -0.15) is 0 Å². The Morgan fingerprint density at radius 3 is 2.43 bits per heavy atom. The first-order chi connectivity index (χ1) is 9.86. The van der Waals surface area contributed by atoms with Crippen molar-refractivity contribution < 1.29 is 13.0 Å². The molecule has 7 heteroatoms. The molecule has 0 radical (unpaired) electrons. The molecule has 3 rings (SSSR count). The molecule has 0 fully saturated rings. The van der Waals surface area contributed by atoms with E-state index >= 15 is 0 Å². The average molecular weight is 319 g/mol. The van der Waals surface area contributed by atoms with Crippen molar-refractivity contribution in [1.82, 2.24) is 4.98 Å². The van der Waals surface area contributed by atoms with Gasteiger partial charge in [0.1, 0.15) is 15.1 Å². The van der Waals surface area contributed by atoms with Crippen LogP contribution in [0.15, 0.2) is 41.3 Å². The summed E-state index contributed by atoms with van der Waals surface area (Å²) in [6, 6.07) is 10.4. The molecule has 2 N–H and O–H groups in total. The highest BCUT2D eigenvalue weighted by Crippen LogP contribution is 2.35. The lowest BCUT2D eigenvalue weighted by molar-refractivity contribution is 0.463. The molecule has 5 nitrogen and oxygen atoms in total. The molecule has 0 amide bonds. The van der Waals surface area contributed by atoms with Gasteiger partial charge in [0, 0.05) is 11.3 Å². The van der Waals surface area contributed by atoms with Gasteiger partial charge in [-0.3, -0.25) is 0 Å². The van der Waals surface area contributed by atoms with E-state index in [1.165, 1.54) is 11.3 Å². The summed E-state index contributed by atoms with van der Waals surface area (Å²) in [6.07, 6.45) is 0. The Kier molecular flexibility index (Phi) is 3.20. The van der Waals surface area contributed by atoms with Gasteiger partial charge in [-0.1, -0.05) is 6.07 Å². The third-order valence-corrected chi connectivity index (χ3v) is 5.41. The Bertz CT molecular complexity index is 929. The van der Waals surface area contributed by atoms with Crippen LogP contribution in [0.1, 0.15) is 5.56 Å². The van der Waals surface area contributed by atoms with Crippen molar-refractivity contribution in [3.8, 4) is 10.6 Å². The van der Waals surface area contributed by atoms with E-state index in [2.05, 4.69) is 4.98 Å². The first-order valence-electron chi connectivity index (χ1n) is 6.08. The SMILES string of the molecule is Cc1ccc2nc(-c3ccc(N)cc3)sc2c1S(=O)(=O)[O-]. The van der Waals surface area contributed by atoms with Crippen LogP contribution in [0.2, 0.25) is 0 Å². The Morgan fingerprint density at radius 1 is 1.14 bits per heavy atom. The van der Waals surface area contributed by atoms with Crippen molar-refractivity contribution in [1.29, 1.82) is 0 Å². The summed E-state index contributed by atoms with van der Waals surface area (Å²) in [5.74, 6) is 0. The highest BCUT2D eigenvalue weighted by molar-refractivity contribution is 7.86. The highest BCUT2D eigenvalue weighted by Gasteiger charge is 2.16.